The highest BCUT2D eigenvalue weighted by atomic mass is 32.2. The van der Waals surface area contributed by atoms with Crippen LogP contribution in [0.15, 0.2) is 29.2 Å². The molecule has 4 unspecified atom stereocenters. The minimum Gasteiger partial charge on any atom is -0.379 e. The Morgan fingerprint density at radius 2 is 1.67 bits per heavy atom. The van der Waals surface area contributed by atoms with Crippen molar-refractivity contribution in [2.75, 3.05) is 45.7 Å². The predicted octanol–water partition coefficient (Wildman–Crippen LogP) is 0.377. The molecule has 0 aromatic heterocycles. The van der Waals surface area contributed by atoms with Crippen molar-refractivity contribution in [3.05, 3.63) is 29.8 Å². The number of Topliss-reactive ketones (excluding diaryl/α,β-unsaturated/α-hetero) is 1. The zero-order valence-corrected chi connectivity index (χ0v) is 26.0. The number of epoxide rings is 1. The Labute approximate surface area is 253 Å². The van der Waals surface area contributed by atoms with Gasteiger partial charge in [0, 0.05) is 25.8 Å². The van der Waals surface area contributed by atoms with Gasteiger partial charge in [-0.15, -0.1) is 0 Å². The van der Waals surface area contributed by atoms with Crippen molar-refractivity contribution in [3.63, 3.8) is 0 Å². The van der Waals surface area contributed by atoms with Crippen LogP contribution in [0.2, 0.25) is 0 Å². The third-order valence-corrected chi connectivity index (χ3v) is 9.53. The maximum Gasteiger partial charge on any atom is 0.243 e. The van der Waals surface area contributed by atoms with Gasteiger partial charge in [-0.2, -0.15) is 0 Å². The Hall–Kier alpha value is -2.87. The number of ketones is 1. The number of nitrogens with one attached hydrogen (secondary N) is 3. The Bertz CT molecular complexity index is 1290. The lowest BCUT2D eigenvalue weighted by Crippen LogP contribution is -2.57. The van der Waals surface area contributed by atoms with Gasteiger partial charge in [0.2, 0.25) is 17.7 Å². The summed E-state index contributed by atoms with van der Waals surface area (Å²) < 4.78 is 35.0. The molecule has 13 heteroatoms. The Morgan fingerprint density at radius 3 is 2.30 bits per heavy atom. The van der Waals surface area contributed by atoms with Crippen LogP contribution in [-0.4, -0.2) is 106 Å². The van der Waals surface area contributed by atoms with Crippen LogP contribution in [0, 0.1) is 5.92 Å². The number of nitrogens with zero attached hydrogens (tertiary/aromatic N) is 1. The Morgan fingerprint density at radius 1 is 1.02 bits per heavy atom. The highest BCUT2D eigenvalue weighted by molar-refractivity contribution is 7.90. The van der Waals surface area contributed by atoms with E-state index in [1.54, 1.807) is 19.1 Å². The van der Waals surface area contributed by atoms with Crippen LogP contribution < -0.4 is 16.0 Å². The zero-order chi connectivity index (χ0) is 31.2. The molecule has 3 N–H and O–H groups in total. The Kier molecular flexibility index (Phi) is 11.0. The van der Waals surface area contributed by atoms with Gasteiger partial charge in [-0.3, -0.25) is 24.1 Å². The van der Waals surface area contributed by atoms with Crippen LogP contribution in [0.25, 0.3) is 0 Å². The van der Waals surface area contributed by atoms with E-state index in [2.05, 4.69) is 16.0 Å². The van der Waals surface area contributed by atoms with Crippen LogP contribution in [-0.2, 0) is 44.9 Å². The van der Waals surface area contributed by atoms with Gasteiger partial charge < -0.3 is 25.4 Å². The van der Waals surface area contributed by atoms with Gasteiger partial charge in [0.1, 0.15) is 17.7 Å². The molecule has 0 spiro atoms. The maximum absolute atomic E-state index is 13.8. The second kappa shape index (κ2) is 14.3. The second-order valence-corrected chi connectivity index (χ2v) is 14.2. The molecule has 2 aliphatic heterocycles. The average Bonchev–Trinajstić information content (AvgIpc) is 3.50. The summed E-state index contributed by atoms with van der Waals surface area (Å²) in [4.78, 5) is 55.0. The van der Waals surface area contributed by atoms with Crippen molar-refractivity contribution in [3.8, 4) is 0 Å². The fourth-order valence-electron chi connectivity index (χ4n) is 5.66. The molecule has 1 aromatic carbocycles. The summed E-state index contributed by atoms with van der Waals surface area (Å²) in [5.74, 6) is -1.36. The predicted molar refractivity (Wildman–Crippen MR) is 158 cm³/mol. The van der Waals surface area contributed by atoms with Gasteiger partial charge in [0.25, 0.3) is 0 Å². The number of ether oxygens (including phenoxy) is 2. The number of morpholine rings is 1. The number of amides is 3. The maximum atomic E-state index is 13.8. The molecule has 0 bridgehead atoms. The second-order valence-electron chi connectivity index (χ2n) is 12.2. The summed E-state index contributed by atoms with van der Waals surface area (Å²) in [5, 5.41) is 8.31. The fraction of sp³-hybridized carbons (Fsp3) is 0.667. The van der Waals surface area contributed by atoms with E-state index in [0.29, 0.717) is 50.8 Å². The highest BCUT2D eigenvalue weighted by Crippen LogP contribution is 2.33. The first-order valence-corrected chi connectivity index (χ1v) is 16.9. The fourth-order valence-corrected chi connectivity index (χ4v) is 6.35. The van der Waals surface area contributed by atoms with E-state index in [9.17, 15) is 27.6 Å². The Balaban J connectivity index is 1.48. The molecule has 1 saturated carbocycles. The molecule has 2 saturated heterocycles. The molecular formula is C30H44N4O8S. The van der Waals surface area contributed by atoms with E-state index in [-0.39, 0.29) is 29.6 Å². The first-order valence-electron chi connectivity index (χ1n) is 15.0. The molecule has 1 aliphatic carbocycles. The highest BCUT2D eigenvalue weighted by Gasteiger charge is 2.50. The van der Waals surface area contributed by atoms with Crippen LogP contribution in [0.5, 0.6) is 0 Å². The lowest BCUT2D eigenvalue weighted by atomic mass is 9.90. The van der Waals surface area contributed by atoms with Gasteiger partial charge in [-0.1, -0.05) is 37.8 Å². The number of benzene rings is 1. The molecule has 3 aliphatic rings. The molecular weight excluding hydrogens is 576 g/mol. The number of carbonyl (C=O) groups is 4. The van der Waals surface area contributed by atoms with Crippen molar-refractivity contribution < 1.29 is 37.1 Å². The quantitative estimate of drug-likeness (QED) is 0.250. The first kappa shape index (κ1) is 33.0. The number of carbonyl (C=O) groups excluding carboxylic acids is 4. The van der Waals surface area contributed by atoms with E-state index in [1.807, 2.05) is 4.90 Å². The molecule has 3 fully saturated rings. The third-order valence-electron chi connectivity index (χ3n) is 8.42. The van der Waals surface area contributed by atoms with Crippen molar-refractivity contribution >= 4 is 33.3 Å². The number of rotatable bonds is 14. The van der Waals surface area contributed by atoms with E-state index in [0.717, 1.165) is 31.9 Å². The zero-order valence-electron chi connectivity index (χ0n) is 25.2. The monoisotopic (exact) mass is 620 g/mol. The van der Waals surface area contributed by atoms with E-state index < -0.39 is 45.4 Å². The topological polar surface area (TPSA) is 164 Å². The number of sulfone groups is 1. The summed E-state index contributed by atoms with van der Waals surface area (Å²) >= 11 is 0. The summed E-state index contributed by atoms with van der Waals surface area (Å²) in [6, 6.07) is 3.33. The first-order chi connectivity index (χ1) is 20.3. The lowest BCUT2D eigenvalue weighted by molar-refractivity contribution is -0.134. The summed E-state index contributed by atoms with van der Waals surface area (Å²) in [5.41, 5.74) is -0.415. The SMILES string of the molecule is CC(NC(=O)CN1CCOCC1)C(=O)NC(Cc1cccc(S(C)(=O)=O)c1)C(=O)NC(CC1CCCC1)C(=O)C1(C)CO1. The average molecular weight is 621 g/mol. The summed E-state index contributed by atoms with van der Waals surface area (Å²) in [6.07, 6.45) is 5.69. The van der Waals surface area contributed by atoms with Gasteiger partial charge in [0.05, 0.1) is 37.3 Å². The molecule has 3 amide bonds. The van der Waals surface area contributed by atoms with E-state index in [1.165, 1.54) is 19.1 Å². The molecule has 4 atom stereocenters. The molecule has 4 rings (SSSR count). The standard InChI is InChI=1S/C30H44N4O8S/c1-20(31-26(35)18-34-11-13-41-14-12-34)28(37)33-25(17-22-9-6-10-23(15-22)43(3,39)40)29(38)32-24(16-21-7-4-5-8-21)27(36)30(2)19-42-30/h6,9-10,15,20-21,24-25H,4-5,7-8,11-14,16-19H2,1-3H3,(H,31,35)(H,32,38)(H,33,37). The number of hydrogen-bond donors (Lipinski definition) is 3. The van der Waals surface area contributed by atoms with Crippen molar-refractivity contribution in [2.24, 2.45) is 5.92 Å². The van der Waals surface area contributed by atoms with Crippen LogP contribution in [0.1, 0.15) is 51.5 Å². The van der Waals surface area contributed by atoms with Crippen molar-refractivity contribution in [1.82, 2.24) is 20.9 Å². The van der Waals surface area contributed by atoms with Crippen molar-refractivity contribution in [1.29, 1.82) is 0 Å². The molecule has 0 radical (unpaired) electrons. The van der Waals surface area contributed by atoms with Gasteiger partial charge >= 0.3 is 0 Å². The van der Waals surface area contributed by atoms with Gasteiger partial charge in [-0.05, 0) is 43.9 Å². The van der Waals surface area contributed by atoms with E-state index in [4.69, 9.17) is 9.47 Å². The van der Waals surface area contributed by atoms with Gasteiger partial charge in [0.15, 0.2) is 15.6 Å². The molecule has 238 valence electrons. The minimum atomic E-state index is -3.50. The van der Waals surface area contributed by atoms with E-state index >= 15 is 0 Å². The van der Waals surface area contributed by atoms with Gasteiger partial charge in [-0.25, -0.2) is 8.42 Å². The molecule has 12 nitrogen and oxygen atoms in total. The minimum absolute atomic E-state index is 0.0204. The van der Waals surface area contributed by atoms with Crippen LogP contribution in [0.4, 0.5) is 0 Å². The number of hydrogen-bond acceptors (Lipinski definition) is 9. The summed E-state index contributed by atoms with van der Waals surface area (Å²) in [6.45, 7) is 5.97. The van der Waals surface area contributed by atoms with Crippen LogP contribution in [0.3, 0.4) is 0 Å². The lowest BCUT2D eigenvalue weighted by Gasteiger charge is -2.27. The molecule has 2 heterocycles. The smallest absolute Gasteiger partial charge is 0.243 e. The molecule has 43 heavy (non-hydrogen) atoms. The third kappa shape index (κ3) is 9.56. The van der Waals surface area contributed by atoms with Crippen molar-refractivity contribution in [2.45, 2.75) is 81.0 Å². The normalized spacial score (nSPS) is 23.1. The molecule has 1 aromatic rings. The largest absolute Gasteiger partial charge is 0.379 e. The summed E-state index contributed by atoms with van der Waals surface area (Å²) in [7, 11) is -3.50. The van der Waals surface area contributed by atoms with Crippen LogP contribution >= 0.6 is 0 Å².